The van der Waals surface area contributed by atoms with Gasteiger partial charge in [-0.25, -0.2) is 0 Å². The Morgan fingerprint density at radius 3 is 2.75 bits per heavy atom. The molecule has 7 nitrogen and oxygen atoms in total. The van der Waals surface area contributed by atoms with Crippen molar-refractivity contribution in [2.75, 3.05) is 33.4 Å². The van der Waals surface area contributed by atoms with E-state index in [9.17, 15) is 9.90 Å². The predicted octanol–water partition coefficient (Wildman–Crippen LogP) is 1.51. The van der Waals surface area contributed by atoms with E-state index < -0.39 is 6.10 Å². The zero-order valence-electron chi connectivity index (χ0n) is 16.4. The van der Waals surface area contributed by atoms with Gasteiger partial charge in [-0.3, -0.25) is 14.7 Å². The molecule has 2 aliphatic heterocycles. The highest BCUT2D eigenvalue weighted by atomic mass is 16.5. The van der Waals surface area contributed by atoms with Crippen LogP contribution in [0.5, 0.6) is 5.75 Å². The van der Waals surface area contributed by atoms with E-state index in [2.05, 4.69) is 15.2 Å². The number of aliphatic hydroxyl groups is 1. The van der Waals surface area contributed by atoms with E-state index in [1.807, 2.05) is 31.2 Å². The third-order valence-electron chi connectivity index (χ3n) is 5.82. The molecule has 2 saturated heterocycles. The van der Waals surface area contributed by atoms with Crippen molar-refractivity contribution in [2.45, 2.75) is 38.0 Å². The Balaban J connectivity index is 1.40. The highest BCUT2D eigenvalue weighted by molar-refractivity contribution is 5.98. The van der Waals surface area contributed by atoms with E-state index in [1.165, 1.54) is 0 Å². The van der Waals surface area contributed by atoms with Crippen molar-refractivity contribution in [3.05, 3.63) is 35.5 Å². The number of benzene rings is 1. The monoisotopic (exact) mass is 385 g/mol. The van der Waals surface area contributed by atoms with E-state index in [0.717, 1.165) is 42.6 Å². The summed E-state index contributed by atoms with van der Waals surface area (Å²) in [5, 5.41) is 14.1. The van der Waals surface area contributed by atoms with Gasteiger partial charge < -0.3 is 19.9 Å². The molecule has 4 rings (SSSR count). The highest BCUT2D eigenvalue weighted by Crippen LogP contribution is 2.23. The Hall–Kier alpha value is -2.22. The largest absolute Gasteiger partial charge is 0.497 e. The van der Waals surface area contributed by atoms with Gasteiger partial charge in [0.05, 0.1) is 49.2 Å². The van der Waals surface area contributed by atoms with Crippen LogP contribution in [0.15, 0.2) is 24.3 Å². The molecule has 0 bridgehead atoms. The van der Waals surface area contributed by atoms with Gasteiger partial charge in [0.1, 0.15) is 5.75 Å². The number of amides is 1. The first-order chi connectivity index (χ1) is 13.5. The SMILES string of the molecule is COc1ccc2cc(C(=O)NC3CCN([C@@H]4COC[C@H]4O)CC3)c(C)nc2c1. The van der Waals surface area contributed by atoms with E-state index in [-0.39, 0.29) is 18.0 Å². The van der Waals surface area contributed by atoms with Crippen LogP contribution in [0.3, 0.4) is 0 Å². The van der Waals surface area contributed by atoms with Gasteiger partial charge in [0.25, 0.3) is 5.91 Å². The number of pyridine rings is 1. The standard InChI is InChI=1S/C21H27N3O4/c1-13-17(9-14-3-4-16(27-2)10-18(14)22-13)21(26)23-15-5-7-24(8-6-15)19-11-28-12-20(19)25/h3-4,9-10,15,19-20,25H,5-8,11-12H2,1-2H3,(H,23,26)/t19-,20-/m1/s1. The summed E-state index contributed by atoms with van der Waals surface area (Å²) in [4.78, 5) is 19.7. The molecule has 0 saturated carbocycles. The zero-order chi connectivity index (χ0) is 19.7. The normalized spacial score (nSPS) is 23.8. The molecule has 7 heteroatoms. The molecule has 150 valence electrons. The Morgan fingerprint density at radius 1 is 1.29 bits per heavy atom. The first-order valence-electron chi connectivity index (χ1n) is 9.81. The first-order valence-corrected chi connectivity index (χ1v) is 9.81. The van der Waals surface area contributed by atoms with Gasteiger partial charge in [-0.15, -0.1) is 0 Å². The molecule has 0 spiro atoms. The summed E-state index contributed by atoms with van der Waals surface area (Å²) in [5.74, 6) is 0.673. The maximum Gasteiger partial charge on any atom is 0.253 e. The quantitative estimate of drug-likeness (QED) is 0.830. The number of ether oxygens (including phenoxy) is 2. The lowest BCUT2D eigenvalue weighted by molar-refractivity contribution is 0.0612. The number of nitrogens with one attached hydrogen (secondary N) is 1. The summed E-state index contributed by atoms with van der Waals surface area (Å²) in [6.07, 6.45) is 1.33. The van der Waals surface area contributed by atoms with Crippen molar-refractivity contribution in [3.63, 3.8) is 0 Å². The molecule has 0 radical (unpaired) electrons. The van der Waals surface area contributed by atoms with Crippen molar-refractivity contribution in [2.24, 2.45) is 0 Å². The lowest BCUT2D eigenvalue weighted by Crippen LogP contribution is -2.51. The molecular formula is C21H27N3O4. The van der Waals surface area contributed by atoms with Crippen molar-refractivity contribution in [1.29, 1.82) is 0 Å². The maximum atomic E-state index is 12.8. The number of hydrogen-bond donors (Lipinski definition) is 2. The zero-order valence-corrected chi connectivity index (χ0v) is 16.4. The minimum Gasteiger partial charge on any atom is -0.497 e. The summed E-state index contributed by atoms with van der Waals surface area (Å²) >= 11 is 0. The Labute approximate surface area is 164 Å². The highest BCUT2D eigenvalue weighted by Gasteiger charge is 2.34. The Morgan fingerprint density at radius 2 is 2.07 bits per heavy atom. The van der Waals surface area contributed by atoms with Gasteiger partial charge in [0.2, 0.25) is 0 Å². The molecule has 3 heterocycles. The van der Waals surface area contributed by atoms with Gasteiger partial charge in [-0.1, -0.05) is 0 Å². The van der Waals surface area contributed by atoms with Crippen LogP contribution in [0.4, 0.5) is 0 Å². The minimum atomic E-state index is -0.406. The van der Waals surface area contributed by atoms with Crippen LogP contribution in [0.2, 0.25) is 0 Å². The third kappa shape index (κ3) is 3.83. The number of hydrogen-bond acceptors (Lipinski definition) is 6. The van der Waals surface area contributed by atoms with E-state index >= 15 is 0 Å². The first kappa shape index (κ1) is 19.1. The fraction of sp³-hybridized carbons (Fsp3) is 0.524. The Bertz CT molecular complexity index is 864. The number of piperidine rings is 1. The third-order valence-corrected chi connectivity index (χ3v) is 5.82. The van der Waals surface area contributed by atoms with Crippen LogP contribution < -0.4 is 10.1 Å². The Kier molecular flexibility index (Phi) is 5.48. The molecule has 2 fully saturated rings. The second-order valence-electron chi connectivity index (χ2n) is 7.64. The van der Waals surface area contributed by atoms with Crippen LogP contribution >= 0.6 is 0 Å². The molecule has 1 amide bonds. The lowest BCUT2D eigenvalue weighted by atomic mass is 10.0. The number of aromatic nitrogens is 1. The average molecular weight is 385 g/mol. The maximum absolute atomic E-state index is 12.8. The summed E-state index contributed by atoms with van der Waals surface area (Å²) in [6, 6.07) is 7.78. The van der Waals surface area contributed by atoms with E-state index in [4.69, 9.17) is 9.47 Å². The van der Waals surface area contributed by atoms with Crippen molar-refractivity contribution in [3.8, 4) is 5.75 Å². The van der Waals surface area contributed by atoms with Crippen LogP contribution in [0.25, 0.3) is 10.9 Å². The predicted molar refractivity (Wildman–Crippen MR) is 106 cm³/mol. The number of rotatable bonds is 4. The molecule has 2 aliphatic rings. The fourth-order valence-electron chi connectivity index (χ4n) is 4.12. The molecule has 0 aliphatic carbocycles. The number of likely N-dealkylation sites (tertiary alicyclic amines) is 1. The van der Waals surface area contributed by atoms with E-state index in [0.29, 0.717) is 24.5 Å². The molecular weight excluding hydrogens is 358 g/mol. The summed E-state index contributed by atoms with van der Waals surface area (Å²) < 4.78 is 10.6. The number of carbonyl (C=O) groups excluding carboxylic acids is 1. The molecule has 2 atom stereocenters. The smallest absolute Gasteiger partial charge is 0.253 e. The number of carbonyl (C=O) groups is 1. The van der Waals surface area contributed by atoms with Gasteiger partial charge in [-0.2, -0.15) is 0 Å². The van der Waals surface area contributed by atoms with Gasteiger partial charge >= 0.3 is 0 Å². The van der Waals surface area contributed by atoms with Crippen LogP contribution in [0, 0.1) is 6.92 Å². The van der Waals surface area contributed by atoms with Gasteiger partial charge in [0, 0.05) is 30.6 Å². The topological polar surface area (TPSA) is 83.9 Å². The van der Waals surface area contributed by atoms with Gasteiger partial charge in [-0.05, 0) is 38.0 Å². The number of aliphatic hydroxyl groups excluding tert-OH is 1. The molecule has 0 unspecified atom stereocenters. The molecule has 2 N–H and O–H groups in total. The van der Waals surface area contributed by atoms with Gasteiger partial charge in [0.15, 0.2) is 0 Å². The second kappa shape index (κ2) is 8.03. The number of nitrogens with zero attached hydrogens (tertiary/aromatic N) is 2. The molecule has 2 aromatic rings. The fourth-order valence-corrected chi connectivity index (χ4v) is 4.12. The summed E-state index contributed by atoms with van der Waals surface area (Å²) in [6.45, 7) is 4.57. The van der Waals surface area contributed by atoms with Crippen molar-refractivity contribution in [1.82, 2.24) is 15.2 Å². The summed E-state index contributed by atoms with van der Waals surface area (Å²) in [5.41, 5.74) is 2.14. The van der Waals surface area contributed by atoms with Crippen molar-refractivity contribution >= 4 is 16.8 Å². The number of aryl methyl sites for hydroxylation is 1. The van der Waals surface area contributed by atoms with Crippen LogP contribution in [-0.4, -0.2) is 72.5 Å². The van der Waals surface area contributed by atoms with Crippen LogP contribution in [0.1, 0.15) is 28.9 Å². The average Bonchev–Trinajstić information content (AvgIpc) is 3.13. The number of methoxy groups -OCH3 is 1. The molecule has 1 aromatic carbocycles. The lowest BCUT2D eigenvalue weighted by Gasteiger charge is -2.36. The van der Waals surface area contributed by atoms with Crippen LogP contribution in [-0.2, 0) is 4.74 Å². The van der Waals surface area contributed by atoms with Crippen molar-refractivity contribution < 1.29 is 19.4 Å². The molecule has 1 aromatic heterocycles. The molecule has 28 heavy (non-hydrogen) atoms. The summed E-state index contributed by atoms with van der Waals surface area (Å²) in [7, 11) is 1.63. The minimum absolute atomic E-state index is 0.0783. The second-order valence-corrected chi connectivity index (χ2v) is 7.64. The number of fused-ring (bicyclic) bond motifs is 1. The van der Waals surface area contributed by atoms with E-state index in [1.54, 1.807) is 7.11 Å².